The second kappa shape index (κ2) is 6.50. The van der Waals surface area contributed by atoms with Gasteiger partial charge in [-0.15, -0.1) is 0 Å². The molecule has 1 aromatic rings. The predicted octanol–water partition coefficient (Wildman–Crippen LogP) is 3.04. The molecule has 2 nitrogen and oxygen atoms in total. The Balaban J connectivity index is 2.11. The van der Waals surface area contributed by atoms with Crippen LogP contribution in [0.2, 0.25) is 5.02 Å². The smallest absolute Gasteiger partial charge is 0.127 e. The fourth-order valence-electron chi connectivity index (χ4n) is 2.52. The van der Waals surface area contributed by atoms with Gasteiger partial charge in [0.25, 0.3) is 0 Å². The molecule has 100 valence electrons. The number of ether oxygens (including phenoxy) is 1. The largest absolute Gasteiger partial charge is 0.381 e. The zero-order valence-corrected chi connectivity index (χ0v) is 11.3. The maximum atomic E-state index is 13.8. The standard InChI is InChI=1S/C14H19ClFNO/c1-2-17-14-6-7-18-9-10(14)8-11-12(15)4-3-5-13(11)16/h3-5,10,14,17H,2,6-9H2,1H3/t10-,14-/m0/s1. The molecular formula is C14H19ClFNO. The summed E-state index contributed by atoms with van der Waals surface area (Å²) in [5, 5.41) is 3.96. The Bertz CT molecular complexity index is 377. The van der Waals surface area contributed by atoms with Crippen LogP contribution in [0, 0.1) is 11.7 Å². The minimum Gasteiger partial charge on any atom is -0.381 e. The fourth-order valence-corrected chi connectivity index (χ4v) is 2.76. The molecule has 1 fully saturated rings. The van der Waals surface area contributed by atoms with Crippen molar-refractivity contribution in [2.75, 3.05) is 19.8 Å². The molecular weight excluding hydrogens is 253 g/mol. The predicted molar refractivity (Wildman–Crippen MR) is 71.5 cm³/mol. The Kier molecular flexibility index (Phi) is 4.98. The van der Waals surface area contributed by atoms with E-state index in [1.54, 1.807) is 12.1 Å². The first-order valence-electron chi connectivity index (χ1n) is 6.46. The quantitative estimate of drug-likeness (QED) is 0.909. The molecule has 0 unspecified atom stereocenters. The lowest BCUT2D eigenvalue weighted by Crippen LogP contribution is -2.43. The third-order valence-corrected chi connectivity index (χ3v) is 3.82. The first kappa shape index (κ1) is 13.8. The zero-order chi connectivity index (χ0) is 13.0. The van der Waals surface area contributed by atoms with E-state index in [0.717, 1.165) is 19.6 Å². The van der Waals surface area contributed by atoms with Gasteiger partial charge in [-0.3, -0.25) is 0 Å². The van der Waals surface area contributed by atoms with Crippen LogP contribution >= 0.6 is 11.6 Å². The van der Waals surface area contributed by atoms with Crippen molar-refractivity contribution in [1.82, 2.24) is 5.32 Å². The molecule has 1 aliphatic heterocycles. The van der Waals surface area contributed by atoms with Gasteiger partial charge in [-0.05, 0) is 31.5 Å². The van der Waals surface area contributed by atoms with Gasteiger partial charge in [0.1, 0.15) is 5.82 Å². The van der Waals surface area contributed by atoms with Gasteiger partial charge in [0.15, 0.2) is 0 Å². The minimum absolute atomic E-state index is 0.219. The van der Waals surface area contributed by atoms with E-state index in [0.29, 0.717) is 29.7 Å². The third kappa shape index (κ3) is 3.22. The first-order chi connectivity index (χ1) is 8.72. The van der Waals surface area contributed by atoms with Crippen molar-refractivity contribution < 1.29 is 9.13 Å². The summed E-state index contributed by atoms with van der Waals surface area (Å²) < 4.78 is 19.3. The molecule has 1 aliphatic rings. The highest BCUT2D eigenvalue weighted by molar-refractivity contribution is 6.31. The van der Waals surface area contributed by atoms with E-state index in [2.05, 4.69) is 12.2 Å². The summed E-state index contributed by atoms with van der Waals surface area (Å²) >= 11 is 6.07. The molecule has 2 rings (SSSR count). The second-order valence-corrected chi connectivity index (χ2v) is 5.10. The van der Waals surface area contributed by atoms with Crippen molar-refractivity contribution >= 4 is 11.6 Å². The van der Waals surface area contributed by atoms with E-state index in [9.17, 15) is 4.39 Å². The van der Waals surface area contributed by atoms with Crippen molar-refractivity contribution in [1.29, 1.82) is 0 Å². The van der Waals surface area contributed by atoms with Gasteiger partial charge in [-0.2, -0.15) is 0 Å². The maximum Gasteiger partial charge on any atom is 0.127 e. The van der Waals surface area contributed by atoms with Gasteiger partial charge in [-0.25, -0.2) is 4.39 Å². The summed E-state index contributed by atoms with van der Waals surface area (Å²) in [6.45, 7) is 4.45. The van der Waals surface area contributed by atoms with Gasteiger partial charge in [0, 0.05) is 29.2 Å². The van der Waals surface area contributed by atoms with E-state index in [-0.39, 0.29) is 11.7 Å². The third-order valence-electron chi connectivity index (χ3n) is 3.47. The highest BCUT2D eigenvalue weighted by Gasteiger charge is 2.26. The lowest BCUT2D eigenvalue weighted by molar-refractivity contribution is 0.0324. The molecule has 1 saturated heterocycles. The topological polar surface area (TPSA) is 21.3 Å². The monoisotopic (exact) mass is 271 g/mol. The molecule has 0 radical (unpaired) electrons. The van der Waals surface area contributed by atoms with E-state index in [1.165, 1.54) is 6.07 Å². The maximum absolute atomic E-state index is 13.8. The van der Waals surface area contributed by atoms with Crippen LogP contribution in [0.5, 0.6) is 0 Å². The number of halogens is 2. The Morgan fingerprint density at radius 3 is 3.06 bits per heavy atom. The highest BCUT2D eigenvalue weighted by atomic mass is 35.5. The van der Waals surface area contributed by atoms with E-state index < -0.39 is 0 Å². The highest BCUT2D eigenvalue weighted by Crippen LogP contribution is 2.26. The van der Waals surface area contributed by atoms with Crippen LogP contribution in [-0.2, 0) is 11.2 Å². The van der Waals surface area contributed by atoms with Crippen LogP contribution < -0.4 is 5.32 Å². The molecule has 0 saturated carbocycles. The molecule has 0 aromatic heterocycles. The van der Waals surface area contributed by atoms with Gasteiger partial charge in [0.05, 0.1) is 6.61 Å². The molecule has 0 amide bonds. The zero-order valence-electron chi connectivity index (χ0n) is 10.6. The van der Waals surface area contributed by atoms with Crippen LogP contribution in [-0.4, -0.2) is 25.8 Å². The van der Waals surface area contributed by atoms with E-state index in [1.807, 2.05) is 0 Å². The molecule has 1 N–H and O–H groups in total. The van der Waals surface area contributed by atoms with E-state index >= 15 is 0 Å². The second-order valence-electron chi connectivity index (χ2n) is 4.69. The average molecular weight is 272 g/mol. The Morgan fingerprint density at radius 2 is 2.33 bits per heavy atom. The van der Waals surface area contributed by atoms with Crippen molar-refractivity contribution in [3.8, 4) is 0 Å². The number of nitrogens with one attached hydrogen (secondary N) is 1. The van der Waals surface area contributed by atoms with Gasteiger partial charge >= 0.3 is 0 Å². The van der Waals surface area contributed by atoms with Gasteiger partial charge < -0.3 is 10.1 Å². The molecule has 18 heavy (non-hydrogen) atoms. The van der Waals surface area contributed by atoms with Gasteiger partial charge in [0.2, 0.25) is 0 Å². The van der Waals surface area contributed by atoms with Crippen molar-refractivity contribution in [3.63, 3.8) is 0 Å². The number of rotatable bonds is 4. The van der Waals surface area contributed by atoms with E-state index in [4.69, 9.17) is 16.3 Å². The molecule has 1 heterocycles. The van der Waals surface area contributed by atoms with Crippen molar-refractivity contribution in [3.05, 3.63) is 34.6 Å². The lowest BCUT2D eigenvalue weighted by atomic mass is 9.89. The number of hydrogen-bond acceptors (Lipinski definition) is 2. The number of hydrogen-bond donors (Lipinski definition) is 1. The lowest BCUT2D eigenvalue weighted by Gasteiger charge is -2.32. The summed E-state index contributed by atoms with van der Waals surface area (Å²) in [6.07, 6.45) is 1.60. The van der Waals surface area contributed by atoms with Crippen LogP contribution in [0.4, 0.5) is 4.39 Å². The average Bonchev–Trinajstić information content (AvgIpc) is 2.36. The van der Waals surface area contributed by atoms with Crippen LogP contribution in [0.25, 0.3) is 0 Å². The molecule has 4 heteroatoms. The Morgan fingerprint density at radius 1 is 1.50 bits per heavy atom. The summed E-state index contributed by atoms with van der Waals surface area (Å²) in [6, 6.07) is 5.23. The summed E-state index contributed by atoms with van der Waals surface area (Å²) in [7, 11) is 0. The molecule has 0 aliphatic carbocycles. The normalized spacial score (nSPS) is 24.2. The van der Waals surface area contributed by atoms with Crippen molar-refractivity contribution in [2.24, 2.45) is 5.92 Å². The molecule has 2 atom stereocenters. The Hall–Kier alpha value is -0.640. The van der Waals surface area contributed by atoms with Gasteiger partial charge in [-0.1, -0.05) is 24.6 Å². The summed E-state index contributed by atoms with van der Waals surface area (Å²) in [5.74, 6) is 0.0661. The fraction of sp³-hybridized carbons (Fsp3) is 0.571. The SMILES string of the molecule is CCN[C@H]1CCOC[C@@H]1Cc1c(F)cccc1Cl. The molecule has 0 bridgehead atoms. The number of benzene rings is 1. The first-order valence-corrected chi connectivity index (χ1v) is 6.84. The summed E-state index contributed by atoms with van der Waals surface area (Å²) in [5.41, 5.74) is 0.609. The van der Waals surface area contributed by atoms with Crippen LogP contribution in [0.15, 0.2) is 18.2 Å². The Labute approximate surface area is 112 Å². The molecule has 1 aromatic carbocycles. The minimum atomic E-state index is -0.219. The molecule has 0 spiro atoms. The summed E-state index contributed by atoms with van der Waals surface area (Å²) in [4.78, 5) is 0. The van der Waals surface area contributed by atoms with Crippen LogP contribution in [0.3, 0.4) is 0 Å². The van der Waals surface area contributed by atoms with Crippen LogP contribution in [0.1, 0.15) is 18.9 Å². The van der Waals surface area contributed by atoms with Crippen molar-refractivity contribution in [2.45, 2.75) is 25.8 Å².